The molecule has 0 bridgehead atoms. The van der Waals surface area contributed by atoms with E-state index in [9.17, 15) is 31.2 Å². The van der Waals surface area contributed by atoms with Gasteiger partial charge in [0.05, 0.1) is 22.8 Å². The number of benzene rings is 2. The quantitative estimate of drug-likeness (QED) is 0.452. The van der Waals surface area contributed by atoms with Crippen molar-refractivity contribution in [1.29, 1.82) is 0 Å². The van der Waals surface area contributed by atoms with Gasteiger partial charge in [-0.1, -0.05) is 38.1 Å². The number of sulfone groups is 1. The van der Waals surface area contributed by atoms with Gasteiger partial charge in [0.25, 0.3) is 5.91 Å². The molecule has 7 nitrogen and oxygen atoms in total. The average Bonchev–Trinajstić information content (AvgIpc) is 2.84. The molecule has 1 aliphatic rings. The molecule has 0 aliphatic heterocycles. The molecule has 202 valence electrons. The van der Waals surface area contributed by atoms with Crippen LogP contribution in [-0.2, 0) is 20.8 Å². The Labute approximate surface area is 215 Å². The second-order valence-corrected chi connectivity index (χ2v) is 11.7. The van der Waals surface area contributed by atoms with Crippen molar-refractivity contribution in [3.05, 3.63) is 65.7 Å². The van der Waals surface area contributed by atoms with Crippen molar-refractivity contribution in [3.63, 3.8) is 0 Å². The summed E-state index contributed by atoms with van der Waals surface area (Å²) >= 11 is 0. The minimum atomic E-state index is -4.58. The second-order valence-electron chi connectivity index (χ2n) is 9.62. The molecule has 2 aromatic rings. The maximum absolute atomic E-state index is 13.0. The summed E-state index contributed by atoms with van der Waals surface area (Å²) in [7, 11) is -3.54. The van der Waals surface area contributed by atoms with Gasteiger partial charge < -0.3 is 16.0 Å². The molecule has 3 N–H and O–H groups in total. The van der Waals surface area contributed by atoms with E-state index in [1.807, 2.05) is 13.8 Å². The van der Waals surface area contributed by atoms with E-state index >= 15 is 0 Å². The lowest BCUT2D eigenvalue weighted by atomic mass is 9.82. The van der Waals surface area contributed by atoms with Crippen LogP contribution in [0, 0.1) is 5.92 Å². The van der Waals surface area contributed by atoms with Crippen molar-refractivity contribution in [2.24, 2.45) is 5.92 Å². The topological polar surface area (TPSA) is 104 Å². The Morgan fingerprint density at radius 3 is 2.38 bits per heavy atom. The Morgan fingerprint density at radius 2 is 1.73 bits per heavy atom. The van der Waals surface area contributed by atoms with E-state index < -0.39 is 39.9 Å². The summed E-state index contributed by atoms with van der Waals surface area (Å²) < 4.78 is 64.7. The first-order valence-corrected chi connectivity index (χ1v) is 13.8. The molecule has 3 atom stereocenters. The smallest absolute Gasteiger partial charge is 0.352 e. The highest BCUT2D eigenvalue weighted by atomic mass is 32.2. The molecule has 0 unspecified atom stereocenters. The Hall–Kier alpha value is -2.92. The van der Waals surface area contributed by atoms with Gasteiger partial charge in [0, 0.05) is 23.7 Å². The molecule has 2 aromatic carbocycles. The Bertz CT molecular complexity index is 1190. The third kappa shape index (κ3) is 8.29. The van der Waals surface area contributed by atoms with Crippen molar-refractivity contribution in [3.8, 4) is 0 Å². The van der Waals surface area contributed by atoms with E-state index in [-0.39, 0.29) is 40.3 Å². The number of carbonyl (C=O) groups excluding carboxylic acids is 2. The first-order chi connectivity index (χ1) is 17.3. The van der Waals surface area contributed by atoms with Crippen LogP contribution in [0.5, 0.6) is 0 Å². The first-order valence-electron chi connectivity index (χ1n) is 12.1. The zero-order chi connectivity index (χ0) is 27.2. The summed E-state index contributed by atoms with van der Waals surface area (Å²) in [5, 5.41) is 8.62. The third-order valence-corrected chi connectivity index (χ3v) is 8.15. The van der Waals surface area contributed by atoms with Gasteiger partial charge in [-0.05, 0) is 55.5 Å². The van der Waals surface area contributed by atoms with Crippen molar-refractivity contribution in [1.82, 2.24) is 16.0 Å². The minimum absolute atomic E-state index is 0.0350. The number of hydrogen-bond acceptors (Lipinski definition) is 5. The molecular formula is C26H32F3N3O4S. The normalized spacial score (nSPS) is 20.4. The third-order valence-electron chi connectivity index (χ3n) is 6.29. The molecule has 3 rings (SSSR count). The maximum Gasteiger partial charge on any atom is 0.416 e. The molecule has 0 aromatic heterocycles. The highest BCUT2D eigenvalue weighted by molar-refractivity contribution is 7.91. The number of halogens is 3. The van der Waals surface area contributed by atoms with E-state index in [1.54, 1.807) is 30.3 Å². The lowest BCUT2D eigenvalue weighted by Crippen LogP contribution is -2.51. The molecule has 11 heteroatoms. The molecule has 37 heavy (non-hydrogen) atoms. The number of rotatable bonds is 9. The molecule has 2 amide bonds. The fourth-order valence-electron chi connectivity index (χ4n) is 4.61. The maximum atomic E-state index is 13.0. The lowest BCUT2D eigenvalue weighted by molar-refractivity contribution is -0.137. The van der Waals surface area contributed by atoms with Crippen LogP contribution >= 0.6 is 0 Å². The van der Waals surface area contributed by atoms with E-state index in [4.69, 9.17) is 0 Å². The monoisotopic (exact) mass is 539 g/mol. The number of carbonyl (C=O) groups is 2. The van der Waals surface area contributed by atoms with E-state index in [1.165, 1.54) is 6.07 Å². The van der Waals surface area contributed by atoms with Crippen molar-refractivity contribution in [2.45, 2.75) is 62.3 Å². The number of alkyl halides is 3. The predicted octanol–water partition coefficient (Wildman–Crippen LogP) is 3.56. The van der Waals surface area contributed by atoms with Gasteiger partial charge in [0.15, 0.2) is 9.84 Å². The minimum Gasteiger partial charge on any atom is -0.352 e. The van der Waals surface area contributed by atoms with Crippen LogP contribution in [0.2, 0.25) is 0 Å². The number of amides is 2. The van der Waals surface area contributed by atoms with Crippen LogP contribution in [0.25, 0.3) is 0 Å². The molecule has 1 fully saturated rings. The summed E-state index contributed by atoms with van der Waals surface area (Å²) in [4.78, 5) is 25.0. The molecule has 1 aliphatic carbocycles. The Balaban J connectivity index is 1.60. The van der Waals surface area contributed by atoms with Gasteiger partial charge in [-0.15, -0.1) is 0 Å². The number of nitrogens with one attached hydrogen (secondary N) is 3. The van der Waals surface area contributed by atoms with Crippen molar-refractivity contribution >= 4 is 21.7 Å². The highest BCUT2D eigenvalue weighted by Crippen LogP contribution is 2.30. The summed E-state index contributed by atoms with van der Waals surface area (Å²) in [5.74, 6) is -1.60. The largest absolute Gasteiger partial charge is 0.416 e. The average molecular weight is 540 g/mol. The first kappa shape index (κ1) is 28.6. The van der Waals surface area contributed by atoms with Crippen LogP contribution in [0.3, 0.4) is 0 Å². The van der Waals surface area contributed by atoms with Crippen LogP contribution in [0.1, 0.15) is 49.0 Å². The Morgan fingerprint density at radius 1 is 1.03 bits per heavy atom. The molecule has 0 spiro atoms. The van der Waals surface area contributed by atoms with Gasteiger partial charge in [0.1, 0.15) is 0 Å². The summed E-state index contributed by atoms with van der Waals surface area (Å²) in [6.45, 7) is 3.57. The molecular weight excluding hydrogens is 507 g/mol. The van der Waals surface area contributed by atoms with E-state index in [0.29, 0.717) is 19.3 Å². The fraction of sp³-hybridized carbons (Fsp3) is 0.462. The summed E-state index contributed by atoms with van der Waals surface area (Å²) in [6, 6.07) is 12.0. The second kappa shape index (κ2) is 12.1. The van der Waals surface area contributed by atoms with E-state index in [2.05, 4.69) is 16.0 Å². The van der Waals surface area contributed by atoms with Gasteiger partial charge in [-0.2, -0.15) is 13.2 Å². The molecule has 0 heterocycles. The molecule has 1 saturated carbocycles. The SMILES string of the molecule is CC(C)N[C@H]1CC[C@@H](NC(=O)CNC(=O)c2cccc(C(F)(F)F)c2)C[C@H]1CS(=O)(=O)c1ccccc1. The zero-order valence-corrected chi connectivity index (χ0v) is 21.5. The fourth-order valence-corrected chi connectivity index (χ4v) is 6.31. The summed E-state index contributed by atoms with van der Waals surface area (Å²) in [5.41, 5.74) is -1.15. The predicted molar refractivity (Wildman–Crippen MR) is 134 cm³/mol. The van der Waals surface area contributed by atoms with Gasteiger partial charge in [-0.25, -0.2) is 8.42 Å². The van der Waals surface area contributed by atoms with Crippen molar-refractivity contribution in [2.75, 3.05) is 12.3 Å². The van der Waals surface area contributed by atoms with Gasteiger partial charge in [0.2, 0.25) is 5.91 Å². The van der Waals surface area contributed by atoms with Crippen LogP contribution in [-0.4, -0.2) is 50.7 Å². The lowest BCUT2D eigenvalue weighted by Gasteiger charge is -2.38. The standard InChI is InChI=1S/C26H32F3N3O4S/c1-17(2)31-23-12-11-21(14-19(23)16-37(35,36)22-9-4-3-5-10-22)32-24(33)15-30-25(34)18-7-6-8-20(13-18)26(27,28)29/h3-10,13,17,19,21,23,31H,11-12,14-16H2,1-2H3,(H,30,34)(H,32,33)/t19-,21+,23-/m0/s1. The molecule has 0 saturated heterocycles. The van der Waals surface area contributed by atoms with Crippen LogP contribution in [0.15, 0.2) is 59.5 Å². The highest BCUT2D eigenvalue weighted by Gasteiger charge is 2.35. The van der Waals surface area contributed by atoms with Crippen LogP contribution in [0.4, 0.5) is 13.2 Å². The zero-order valence-electron chi connectivity index (χ0n) is 20.7. The number of hydrogen-bond donors (Lipinski definition) is 3. The Kier molecular flexibility index (Phi) is 9.36. The van der Waals surface area contributed by atoms with E-state index in [0.717, 1.165) is 18.2 Å². The van der Waals surface area contributed by atoms with Gasteiger partial charge in [-0.3, -0.25) is 9.59 Å². The molecule has 0 radical (unpaired) electrons. The summed E-state index contributed by atoms with van der Waals surface area (Å²) in [6.07, 6.45) is -2.86. The van der Waals surface area contributed by atoms with Crippen molar-refractivity contribution < 1.29 is 31.2 Å². The van der Waals surface area contributed by atoms with Gasteiger partial charge >= 0.3 is 6.18 Å². The van der Waals surface area contributed by atoms with Crippen LogP contribution < -0.4 is 16.0 Å².